The van der Waals surface area contributed by atoms with Gasteiger partial charge in [-0.1, -0.05) is 29.3 Å². The van der Waals surface area contributed by atoms with Crippen LogP contribution in [-0.4, -0.2) is 19.5 Å². The van der Waals surface area contributed by atoms with Crippen molar-refractivity contribution in [2.24, 2.45) is 0 Å². The molecule has 2 N–H and O–H groups in total. The number of halogens is 2. The fourth-order valence-electron chi connectivity index (χ4n) is 1.49. The first-order valence-corrected chi connectivity index (χ1v) is 6.19. The molecule has 0 bridgehead atoms. The molecule has 1 rings (SSSR count). The maximum absolute atomic E-state index is 11.0. The average Bonchev–Trinajstić information content (AvgIpc) is 2.28. The first kappa shape index (κ1) is 14.3. The van der Waals surface area contributed by atoms with Gasteiger partial charge in [-0.2, -0.15) is 0 Å². The predicted octanol–water partition coefficient (Wildman–Crippen LogP) is 2.78. The number of carbonyl (C=O) groups is 1. The molecule has 0 aliphatic heterocycles. The molecular formula is C12H16Cl2N2O. The van der Waals surface area contributed by atoms with Gasteiger partial charge in [0.1, 0.15) is 0 Å². The molecule has 0 saturated heterocycles. The van der Waals surface area contributed by atoms with Crippen LogP contribution in [0.3, 0.4) is 0 Å². The van der Waals surface area contributed by atoms with Crippen molar-refractivity contribution in [2.75, 3.05) is 13.6 Å². The SMILES string of the molecule is CNC(=O)CCNC(C)c1ccc(Cl)cc1Cl. The number of benzene rings is 1. The van der Waals surface area contributed by atoms with E-state index in [1.807, 2.05) is 13.0 Å². The second-order valence-corrected chi connectivity index (χ2v) is 4.61. The molecule has 0 fully saturated rings. The minimum atomic E-state index is 0.0203. The Morgan fingerprint density at radius 2 is 2.12 bits per heavy atom. The Morgan fingerprint density at radius 1 is 1.41 bits per heavy atom. The monoisotopic (exact) mass is 274 g/mol. The summed E-state index contributed by atoms with van der Waals surface area (Å²) in [5, 5.41) is 7.07. The highest BCUT2D eigenvalue weighted by Crippen LogP contribution is 2.25. The van der Waals surface area contributed by atoms with Gasteiger partial charge < -0.3 is 10.6 Å². The van der Waals surface area contributed by atoms with Crippen LogP contribution in [0, 0.1) is 0 Å². The Hall–Kier alpha value is -0.770. The van der Waals surface area contributed by atoms with Crippen molar-refractivity contribution >= 4 is 29.1 Å². The van der Waals surface area contributed by atoms with E-state index in [4.69, 9.17) is 23.2 Å². The first-order valence-electron chi connectivity index (χ1n) is 5.43. The molecule has 1 aromatic carbocycles. The van der Waals surface area contributed by atoms with Gasteiger partial charge in [0.05, 0.1) is 0 Å². The Labute approximate surface area is 111 Å². The maximum Gasteiger partial charge on any atom is 0.221 e. The van der Waals surface area contributed by atoms with Crippen LogP contribution < -0.4 is 10.6 Å². The highest BCUT2D eigenvalue weighted by molar-refractivity contribution is 6.35. The van der Waals surface area contributed by atoms with Crippen LogP contribution in [0.1, 0.15) is 24.9 Å². The molecule has 0 saturated carbocycles. The molecule has 1 aromatic rings. The van der Waals surface area contributed by atoms with Gasteiger partial charge in [-0.3, -0.25) is 4.79 Å². The maximum atomic E-state index is 11.0. The van der Waals surface area contributed by atoms with E-state index in [1.54, 1.807) is 19.2 Å². The first-order chi connectivity index (χ1) is 8.04. The van der Waals surface area contributed by atoms with E-state index in [9.17, 15) is 4.79 Å². The summed E-state index contributed by atoms with van der Waals surface area (Å²) < 4.78 is 0. The van der Waals surface area contributed by atoms with Crippen molar-refractivity contribution in [3.8, 4) is 0 Å². The normalized spacial score (nSPS) is 12.2. The Kier molecular flexibility index (Phi) is 5.75. The number of carbonyl (C=O) groups excluding carboxylic acids is 1. The third-order valence-corrected chi connectivity index (χ3v) is 3.07. The number of nitrogens with one attached hydrogen (secondary N) is 2. The lowest BCUT2D eigenvalue weighted by molar-refractivity contribution is -0.120. The van der Waals surface area contributed by atoms with Crippen LogP contribution in [-0.2, 0) is 4.79 Å². The third kappa shape index (κ3) is 4.54. The molecular weight excluding hydrogens is 259 g/mol. The molecule has 3 nitrogen and oxygen atoms in total. The fourth-order valence-corrected chi connectivity index (χ4v) is 2.06. The fraction of sp³-hybridized carbons (Fsp3) is 0.417. The summed E-state index contributed by atoms with van der Waals surface area (Å²) in [5.74, 6) is 0.0203. The highest BCUT2D eigenvalue weighted by atomic mass is 35.5. The zero-order valence-corrected chi connectivity index (χ0v) is 11.4. The Bertz CT molecular complexity index is 396. The topological polar surface area (TPSA) is 41.1 Å². The molecule has 1 amide bonds. The summed E-state index contributed by atoms with van der Waals surface area (Å²) in [6, 6.07) is 5.50. The number of amides is 1. The smallest absolute Gasteiger partial charge is 0.221 e. The Morgan fingerprint density at radius 3 is 2.71 bits per heavy atom. The molecule has 0 spiro atoms. The van der Waals surface area contributed by atoms with Crippen LogP contribution >= 0.6 is 23.2 Å². The second kappa shape index (κ2) is 6.84. The van der Waals surface area contributed by atoms with Gasteiger partial charge in [0, 0.05) is 36.1 Å². The number of hydrogen-bond donors (Lipinski definition) is 2. The predicted molar refractivity (Wildman–Crippen MR) is 71.6 cm³/mol. The van der Waals surface area contributed by atoms with Crippen molar-refractivity contribution in [1.82, 2.24) is 10.6 Å². The molecule has 0 aliphatic rings. The standard InChI is InChI=1S/C12H16Cl2N2O/c1-8(16-6-5-12(17)15-2)10-4-3-9(13)7-11(10)14/h3-4,7-8,16H,5-6H2,1-2H3,(H,15,17). The molecule has 94 valence electrons. The third-order valence-electron chi connectivity index (χ3n) is 2.51. The van der Waals surface area contributed by atoms with E-state index in [0.29, 0.717) is 23.0 Å². The summed E-state index contributed by atoms with van der Waals surface area (Å²) in [6.45, 7) is 2.61. The van der Waals surface area contributed by atoms with Crippen molar-refractivity contribution in [3.05, 3.63) is 33.8 Å². The minimum Gasteiger partial charge on any atom is -0.359 e. The highest BCUT2D eigenvalue weighted by Gasteiger charge is 2.09. The summed E-state index contributed by atoms with van der Waals surface area (Å²) in [4.78, 5) is 11.0. The van der Waals surface area contributed by atoms with E-state index < -0.39 is 0 Å². The molecule has 0 aliphatic carbocycles. The minimum absolute atomic E-state index is 0.0203. The molecule has 1 unspecified atom stereocenters. The van der Waals surface area contributed by atoms with E-state index in [2.05, 4.69) is 10.6 Å². The van der Waals surface area contributed by atoms with Crippen molar-refractivity contribution in [3.63, 3.8) is 0 Å². The number of rotatable bonds is 5. The van der Waals surface area contributed by atoms with E-state index >= 15 is 0 Å². The van der Waals surface area contributed by atoms with Gasteiger partial charge in [0.2, 0.25) is 5.91 Å². The summed E-state index contributed by atoms with van der Waals surface area (Å²) in [7, 11) is 1.63. The van der Waals surface area contributed by atoms with Gasteiger partial charge in [-0.15, -0.1) is 0 Å². The van der Waals surface area contributed by atoms with Crippen LogP contribution in [0.25, 0.3) is 0 Å². The van der Waals surface area contributed by atoms with Crippen molar-refractivity contribution < 1.29 is 4.79 Å². The lowest BCUT2D eigenvalue weighted by atomic mass is 10.1. The second-order valence-electron chi connectivity index (χ2n) is 3.76. The summed E-state index contributed by atoms with van der Waals surface area (Å²) in [6.07, 6.45) is 0.450. The van der Waals surface area contributed by atoms with Crippen molar-refractivity contribution in [2.45, 2.75) is 19.4 Å². The largest absolute Gasteiger partial charge is 0.359 e. The van der Waals surface area contributed by atoms with E-state index in [1.165, 1.54) is 0 Å². The lowest BCUT2D eigenvalue weighted by Crippen LogP contribution is -2.26. The zero-order valence-electron chi connectivity index (χ0n) is 9.89. The van der Waals surface area contributed by atoms with Gasteiger partial charge in [-0.05, 0) is 24.6 Å². The molecule has 0 heterocycles. The van der Waals surface area contributed by atoms with E-state index in [0.717, 1.165) is 5.56 Å². The zero-order chi connectivity index (χ0) is 12.8. The van der Waals surface area contributed by atoms with Gasteiger partial charge in [-0.25, -0.2) is 0 Å². The molecule has 5 heteroatoms. The lowest BCUT2D eigenvalue weighted by Gasteiger charge is -2.15. The van der Waals surface area contributed by atoms with Crippen molar-refractivity contribution in [1.29, 1.82) is 0 Å². The van der Waals surface area contributed by atoms with Crippen LogP contribution in [0.15, 0.2) is 18.2 Å². The van der Waals surface area contributed by atoms with Gasteiger partial charge in [0.15, 0.2) is 0 Å². The summed E-state index contributed by atoms with van der Waals surface area (Å²) >= 11 is 11.9. The Balaban J connectivity index is 2.52. The average molecular weight is 275 g/mol. The van der Waals surface area contributed by atoms with Gasteiger partial charge >= 0.3 is 0 Å². The summed E-state index contributed by atoms with van der Waals surface area (Å²) in [5.41, 5.74) is 0.980. The molecule has 0 aromatic heterocycles. The van der Waals surface area contributed by atoms with Crippen LogP contribution in [0.2, 0.25) is 10.0 Å². The van der Waals surface area contributed by atoms with E-state index in [-0.39, 0.29) is 11.9 Å². The molecule has 0 radical (unpaired) electrons. The quantitative estimate of drug-likeness (QED) is 0.867. The number of hydrogen-bond acceptors (Lipinski definition) is 2. The van der Waals surface area contributed by atoms with Crippen LogP contribution in [0.4, 0.5) is 0 Å². The molecule has 17 heavy (non-hydrogen) atoms. The van der Waals surface area contributed by atoms with Gasteiger partial charge in [0.25, 0.3) is 0 Å². The molecule has 1 atom stereocenters. The van der Waals surface area contributed by atoms with Crippen LogP contribution in [0.5, 0.6) is 0 Å².